The second kappa shape index (κ2) is 9.56. The zero-order valence-electron chi connectivity index (χ0n) is 13.7. The Morgan fingerprint density at radius 1 is 1.40 bits per heavy atom. The molecule has 8 nitrogen and oxygen atoms in total. The number of carbonyl (C=O) groups excluding carboxylic acids is 1. The van der Waals surface area contributed by atoms with Crippen LogP contribution >= 0.6 is 0 Å². The summed E-state index contributed by atoms with van der Waals surface area (Å²) in [6.45, 7) is 4.49. The average molecular weight is 366 g/mol. The summed E-state index contributed by atoms with van der Waals surface area (Å²) in [4.78, 5) is 20.6. The van der Waals surface area contributed by atoms with Crippen LogP contribution in [0.1, 0.15) is 13.3 Å². The topological polar surface area (TPSA) is 107 Å². The van der Waals surface area contributed by atoms with Gasteiger partial charge in [0.15, 0.2) is 11.5 Å². The molecule has 0 aliphatic rings. The quantitative estimate of drug-likeness (QED) is 0.228. The third-order valence-electron chi connectivity index (χ3n) is 2.99. The number of carbonyl (C=O) groups is 1. The van der Waals surface area contributed by atoms with Crippen LogP contribution in [0.25, 0.3) is 0 Å². The van der Waals surface area contributed by atoms with E-state index in [4.69, 9.17) is 0 Å². The van der Waals surface area contributed by atoms with Gasteiger partial charge in [0, 0.05) is 19.5 Å². The van der Waals surface area contributed by atoms with E-state index in [1.54, 1.807) is 0 Å². The van der Waals surface area contributed by atoms with Crippen LogP contribution in [-0.2, 0) is 19.6 Å². The normalized spacial score (nSPS) is 10.6. The van der Waals surface area contributed by atoms with Gasteiger partial charge in [-0.2, -0.15) is 4.31 Å². The minimum Gasteiger partial charge on any atom is -0.453 e. The summed E-state index contributed by atoms with van der Waals surface area (Å²) >= 11 is 0. The maximum absolute atomic E-state index is 12.8. The van der Waals surface area contributed by atoms with Crippen molar-refractivity contribution in [1.82, 2.24) is 4.31 Å². The van der Waals surface area contributed by atoms with Gasteiger partial charge in [0.1, 0.15) is 0 Å². The highest BCUT2D eigenvalue weighted by Gasteiger charge is 2.30. The van der Waals surface area contributed by atoms with Crippen molar-refractivity contribution in [2.75, 3.05) is 19.7 Å². The fourth-order valence-electron chi connectivity index (χ4n) is 1.82. The minimum absolute atomic E-state index is 0.0696. The van der Waals surface area contributed by atoms with Crippen LogP contribution in [0.4, 0.5) is 5.69 Å². The second-order valence-electron chi connectivity index (χ2n) is 4.77. The van der Waals surface area contributed by atoms with Gasteiger partial charge in [-0.25, -0.2) is 8.42 Å². The third-order valence-corrected chi connectivity index (χ3v) is 4.88. The lowest BCUT2D eigenvalue weighted by Crippen LogP contribution is -2.32. The van der Waals surface area contributed by atoms with Crippen molar-refractivity contribution in [3.05, 3.63) is 47.0 Å². The molecule has 0 aliphatic carbocycles. The van der Waals surface area contributed by atoms with E-state index >= 15 is 0 Å². The summed E-state index contributed by atoms with van der Waals surface area (Å²) in [7, 11) is -4.12. The number of nitro benzene ring substituents is 1. The molecule has 0 saturated heterocycles. The first-order chi connectivity index (χ1) is 11.8. The molecule has 134 valence electrons. The molecule has 0 aliphatic heterocycles. The van der Waals surface area contributed by atoms with Gasteiger partial charge in [0.2, 0.25) is 0 Å². The SMILES string of the molecule is C=CCCN(CC#CCOC(C)=O)S(=O)(=O)c1ccccc1[N+](=O)[O-]. The summed E-state index contributed by atoms with van der Waals surface area (Å²) < 4.78 is 31.2. The van der Waals surface area contributed by atoms with Crippen molar-refractivity contribution >= 4 is 21.7 Å². The van der Waals surface area contributed by atoms with Crippen molar-refractivity contribution in [2.24, 2.45) is 0 Å². The van der Waals surface area contributed by atoms with Gasteiger partial charge >= 0.3 is 5.97 Å². The first kappa shape index (κ1) is 20.3. The van der Waals surface area contributed by atoms with Crippen molar-refractivity contribution in [2.45, 2.75) is 18.2 Å². The number of nitro groups is 1. The van der Waals surface area contributed by atoms with E-state index in [0.29, 0.717) is 6.42 Å². The average Bonchev–Trinajstić information content (AvgIpc) is 2.56. The van der Waals surface area contributed by atoms with Gasteiger partial charge in [0.25, 0.3) is 15.7 Å². The monoisotopic (exact) mass is 366 g/mol. The predicted molar refractivity (Wildman–Crippen MR) is 91.1 cm³/mol. The van der Waals surface area contributed by atoms with Gasteiger partial charge in [-0.05, 0) is 12.5 Å². The summed E-state index contributed by atoms with van der Waals surface area (Å²) in [5.41, 5.74) is -0.501. The highest BCUT2D eigenvalue weighted by Crippen LogP contribution is 2.26. The number of hydrogen-bond acceptors (Lipinski definition) is 6. The molecular weight excluding hydrogens is 348 g/mol. The molecule has 1 aromatic rings. The van der Waals surface area contributed by atoms with E-state index in [2.05, 4.69) is 23.2 Å². The number of esters is 1. The molecule has 0 heterocycles. The fourth-order valence-corrected chi connectivity index (χ4v) is 3.33. The molecular formula is C16H18N2O6S. The zero-order valence-corrected chi connectivity index (χ0v) is 14.5. The van der Waals surface area contributed by atoms with E-state index in [0.717, 1.165) is 10.4 Å². The van der Waals surface area contributed by atoms with Crippen LogP contribution in [0.5, 0.6) is 0 Å². The highest BCUT2D eigenvalue weighted by atomic mass is 32.2. The number of sulfonamides is 1. The van der Waals surface area contributed by atoms with Crippen molar-refractivity contribution in [3.63, 3.8) is 0 Å². The zero-order chi connectivity index (χ0) is 18.9. The Bertz CT molecular complexity index is 807. The maximum atomic E-state index is 12.8. The second-order valence-corrected chi connectivity index (χ2v) is 6.68. The molecule has 0 saturated carbocycles. The van der Waals surface area contributed by atoms with Gasteiger partial charge in [0.05, 0.1) is 11.5 Å². The molecule has 1 aromatic carbocycles. The lowest BCUT2D eigenvalue weighted by molar-refractivity contribution is -0.387. The molecule has 9 heteroatoms. The van der Waals surface area contributed by atoms with E-state index in [-0.39, 0.29) is 19.7 Å². The molecule has 0 radical (unpaired) electrons. The molecule has 0 bridgehead atoms. The van der Waals surface area contributed by atoms with Gasteiger partial charge in [-0.3, -0.25) is 14.9 Å². The maximum Gasteiger partial charge on any atom is 0.303 e. The first-order valence-electron chi connectivity index (χ1n) is 7.24. The number of benzene rings is 1. The number of rotatable bonds is 8. The largest absolute Gasteiger partial charge is 0.453 e. The van der Waals surface area contributed by atoms with E-state index in [1.165, 1.54) is 31.2 Å². The lowest BCUT2D eigenvalue weighted by Gasteiger charge is -2.19. The molecule has 0 fully saturated rings. The van der Waals surface area contributed by atoms with Crippen LogP contribution < -0.4 is 0 Å². The first-order valence-corrected chi connectivity index (χ1v) is 8.68. The standard InChI is InChI=1S/C16H18N2O6S/c1-3-4-11-17(12-7-8-13-24-14(2)19)25(22,23)16-10-6-5-9-15(16)18(20)21/h3,5-6,9-10H,1,4,11-13H2,2H3. The molecule has 0 atom stereocenters. The summed E-state index contributed by atoms with van der Waals surface area (Å²) in [6.07, 6.45) is 1.89. The number of para-hydroxylation sites is 1. The Labute approximate surface area is 146 Å². The van der Waals surface area contributed by atoms with Crippen LogP contribution in [-0.4, -0.2) is 43.3 Å². The highest BCUT2D eigenvalue weighted by molar-refractivity contribution is 7.89. The van der Waals surface area contributed by atoms with Crippen molar-refractivity contribution in [1.29, 1.82) is 0 Å². The molecule has 0 N–H and O–H groups in total. The van der Waals surface area contributed by atoms with Crippen LogP contribution in [0, 0.1) is 22.0 Å². The van der Waals surface area contributed by atoms with E-state index in [1.807, 2.05) is 0 Å². The van der Waals surface area contributed by atoms with Gasteiger partial charge in [-0.15, -0.1) is 6.58 Å². The van der Waals surface area contributed by atoms with Crippen molar-refractivity contribution < 1.29 is 22.9 Å². The predicted octanol–water partition coefficient (Wildman–Crippen LogP) is 1.73. The van der Waals surface area contributed by atoms with Crippen LogP contribution in [0.2, 0.25) is 0 Å². The smallest absolute Gasteiger partial charge is 0.303 e. The Balaban J connectivity index is 3.10. The number of nitrogens with zero attached hydrogens (tertiary/aromatic N) is 2. The third kappa shape index (κ3) is 6.02. The molecule has 1 rings (SSSR count). The van der Waals surface area contributed by atoms with Crippen LogP contribution in [0.3, 0.4) is 0 Å². The summed E-state index contributed by atoms with van der Waals surface area (Å²) in [6, 6.07) is 5.12. The number of ether oxygens (including phenoxy) is 1. The van der Waals surface area contributed by atoms with Gasteiger partial charge < -0.3 is 4.74 Å². The molecule has 0 spiro atoms. The molecule has 0 amide bonds. The molecule has 0 unspecified atom stereocenters. The Hall–Kier alpha value is -2.70. The Kier molecular flexibility index (Phi) is 7.78. The van der Waals surface area contributed by atoms with E-state index < -0.39 is 31.5 Å². The van der Waals surface area contributed by atoms with E-state index in [9.17, 15) is 23.3 Å². The minimum atomic E-state index is -4.12. The number of hydrogen-bond donors (Lipinski definition) is 0. The van der Waals surface area contributed by atoms with Crippen LogP contribution in [0.15, 0.2) is 41.8 Å². The molecule has 0 aromatic heterocycles. The molecule has 25 heavy (non-hydrogen) atoms. The lowest BCUT2D eigenvalue weighted by atomic mass is 10.3. The van der Waals surface area contributed by atoms with Gasteiger partial charge in [-0.1, -0.05) is 30.0 Å². The fraction of sp³-hybridized carbons (Fsp3) is 0.312. The Morgan fingerprint density at radius 3 is 2.68 bits per heavy atom. The Morgan fingerprint density at radius 2 is 2.08 bits per heavy atom. The van der Waals surface area contributed by atoms with Crippen molar-refractivity contribution in [3.8, 4) is 11.8 Å². The summed E-state index contributed by atoms with van der Waals surface area (Å²) in [5, 5.41) is 11.1. The summed E-state index contributed by atoms with van der Waals surface area (Å²) in [5.74, 6) is 4.62.